The molecule has 1 aromatic carbocycles. The highest BCUT2D eigenvalue weighted by atomic mass is 16.5. The van der Waals surface area contributed by atoms with Gasteiger partial charge in [-0.3, -0.25) is 4.98 Å². The molecule has 19 heavy (non-hydrogen) atoms. The number of aromatic nitrogens is 1. The minimum absolute atomic E-state index is 0.587. The molecule has 2 rings (SSSR count). The zero-order valence-corrected chi connectivity index (χ0v) is 11.3. The second-order valence-electron chi connectivity index (χ2n) is 4.21. The molecular weight excluding hydrogens is 238 g/mol. The van der Waals surface area contributed by atoms with Crippen molar-refractivity contribution in [2.75, 3.05) is 24.3 Å². The number of benzene rings is 1. The van der Waals surface area contributed by atoms with Crippen LogP contribution in [0.5, 0.6) is 0 Å². The number of nitrogens with one attached hydrogen (secondary N) is 2. The second kappa shape index (κ2) is 6.75. The van der Waals surface area contributed by atoms with Crippen molar-refractivity contribution in [1.29, 1.82) is 0 Å². The molecule has 1 aromatic heterocycles. The van der Waals surface area contributed by atoms with Gasteiger partial charge in [0, 0.05) is 24.9 Å². The fourth-order valence-corrected chi connectivity index (χ4v) is 1.89. The maximum Gasteiger partial charge on any atom is 0.0733 e. The standard InChI is InChI=1S/C15H19N3O/c1-3-17-13-8-14(10-16-9-13)18-15-7-5-4-6-12(15)11-19-2/h4-10,17-18H,3,11H2,1-2H3. The summed E-state index contributed by atoms with van der Waals surface area (Å²) in [6, 6.07) is 10.1. The van der Waals surface area contributed by atoms with Gasteiger partial charge in [-0.1, -0.05) is 18.2 Å². The Balaban J connectivity index is 2.18. The van der Waals surface area contributed by atoms with E-state index in [1.54, 1.807) is 7.11 Å². The summed E-state index contributed by atoms with van der Waals surface area (Å²) in [6.45, 7) is 3.53. The maximum absolute atomic E-state index is 5.20. The van der Waals surface area contributed by atoms with E-state index in [0.717, 1.165) is 29.2 Å². The van der Waals surface area contributed by atoms with Crippen molar-refractivity contribution in [2.24, 2.45) is 0 Å². The van der Waals surface area contributed by atoms with E-state index < -0.39 is 0 Å². The van der Waals surface area contributed by atoms with Crippen LogP contribution in [0.3, 0.4) is 0 Å². The van der Waals surface area contributed by atoms with Gasteiger partial charge in [-0.2, -0.15) is 0 Å². The fourth-order valence-electron chi connectivity index (χ4n) is 1.89. The molecule has 100 valence electrons. The lowest BCUT2D eigenvalue weighted by Crippen LogP contribution is -2.00. The molecule has 0 aliphatic carbocycles. The Bertz CT molecular complexity index is 528. The topological polar surface area (TPSA) is 46.2 Å². The van der Waals surface area contributed by atoms with E-state index in [0.29, 0.717) is 6.61 Å². The average molecular weight is 257 g/mol. The number of methoxy groups -OCH3 is 1. The van der Waals surface area contributed by atoms with Gasteiger partial charge < -0.3 is 15.4 Å². The molecule has 4 nitrogen and oxygen atoms in total. The highest BCUT2D eigenvalue weighted by Crippen LogP contribution is 2.22. The van der Waals surface area contributed by atoms with Gasteiger partial charge in [0.2, 0.25) is 0 Å². The summed E-state index contributed by atoms with van der Waals surface area (Å²) in [5.74, 6) is 0. The maximum atomic E-state index is 5.20. The fraction of sp³-hybridized carbons (Fsp3) is 0.267. The van der Waals surface area contributed by atoms with Gasteiger partial charge in [0.05, 0.1) is 30.4 Å². The SMILES string of the molecule is CCNc1cncc(Nc2ccccc2COC)c1. The molecule has 4 heteroatoms. The lowest BCUT2D eigenvalue weighted by molar-refractivity contribution is 0.185. The van der Waals surface area contributed by atoms with Crippen LogP contribution in [0.15, 0.2) is 42.7 Å². The Morgan fingerprint density at radius 3 is 2.74 bits per heavy atom. The molecule has 0 aliphatic heterocycles. The van der Waals surface area contributed by atoms with Crippen LogP contribution >= 0.6 is 0 Å². The number of ether oxygens (including phenoxy) is 1. The summed E-state index contributed by atoms with van der Waals surface area (Å²) in [6.07, 6.45) is 3.63. The van der Waals surface area contributed by atoms with Gasteiger partial charge in [-0.25, -0.2) is 0 Å². The molecule has 0 saturated heterocycles. The predicted octanol–water partition coefficient (Wildman–Crippen LogP) is 3.40. The van der Waals surface area contributed by atoms with E-state index in [1.165, 1.54) is 0 Å². The largest absolute Gasteiger partial charge is 0.384 e. The zero-order chi connectivity index (χ0) is 13.5. The van der Waals surface area contributed by atoms with Gasteiger partial charge in [0.25, 0.3) is 0 Å². The molecule has 0 saturated carbocycles. The number of anilines is 3. The van der Waals surface area contributed by atoms with Crippen LogP contribution in [0, 0.1) is 0 Å². The molecule has 0 spiro atoms. The van der Waals surface area contributed by atoms with E-state index in [9.17, 15) is 0 Å². The summed E-state index contributed by atoms with van der Waals surface area (Å²) in [5.41, 5.74) is 4.14. The molecule has 0 atom stereocenters. The normalized spacial score (nSPS) is 10.2. The quantitative estimate of drug-likeness (QED) is 0.832. The van der Waals surface area contributed by atoms with Gasteiger partial charge >= 0.3 is 0 Å². The Morgan fingerprint density at radius 1 is 1.16 bits per heavy atom. The molecule has 0 unspecified atom stereocenters. The van der Waals surface area contributed by atoms with Crippen molar-refractivity contribution in [1.82, 2.24) is 4.98 Å². The van der Waals surface area contributed by atoms with E-state index >= 15 is 0 Å². The molecule has 1 heterocycles. The minimum atomic E-state index is 0.587. The van der Waals surface area contributed by atoms with Crippen LogP contribution in [0.4, 0.5) is 17.1 Å². The molecule has 0 radical (unpaired) electrons. The van der Waals surface area contributed by atoms with Gasteiger partial charge in [0.15, 0.2) is 0 Å². The minimum Gasteiger partial charge on any atom is -0.384 e. The third-order valence-corrected chi connectivity index (χ3v) is 2.72. The van der Waals surface area contributed by atoms with Crippen molar-refractivity contribution in [3.63, 3.8) is 0 Å². The number of hydrogen-bond donors (Lipinski definition) is 2. The number of nitrogens with zero attached hydrogens (tertiary/aromatic N) is 1. The molecule has 0 amide bonds. The van der Waals surface area contributed by atoms with E-state index in [-0.39, 0.29) is 0 Å². The number of rotatable bonds is 6. The first kappa shape index (κ1) is 13.4. The molecule has 0 aliphatic rings. The Labute approximate surface area is 113 Å². The van der Waals surface area contributed by atoms with Crippen LogP contribution in [0.25, 0.3) is 0 Å². The second-order valence-corrected chi connectivity index (χ2v) is 4.21. The van der Waals surface area contributed by atoms with Crippen molar-refractivity contribution in [2.45, 2.75) is 13.5 Å². The average Bonchev–Trinajstić information content (AvgIpc) is 2.42. The monoisotopic (exact) mass is 257 g/mol. The Morgan fingerprint density at radius 2 is 1.95 bits per heavy atom. The summed E-state index contributed by atoms with van der Waals surface area (Å²) in [4.78, 5) is 4.22. The van der Waals surface area contributed by atoms with Crippen molar-refractivity contribution in [3.8, 4) is 0 Å². The lowest BCUT2D eigenvalue weighted by Gasteiger charge is -2.12. The summed E-state index contributed by atoms with van der Waals surface area (Å²) < 4.78 is 5.20. The van der Waals surface area contributed by atoms with Gasteiger partial charge in [0.1, 0.15) is 0 Å². The first-order chi connectivity index (χ1) is 9.33. The van der Waals surface area contributed by atoms with Crippen molar-refractivity contribution < 1.29 is 4.74 Å². The zero-order valence-electron chi connectivity index (χ0n) is 11.3. The van der Waals surface area contributed by atoms with Crippen LogP contribution in [0.2, 0.25) is 0 Å². The van der Waals surface area contributed by atoms with E-state index in [1.807, 2.05) is 42.7 Å². The van der Waals surface area contributed by atoms with E-state index in [4.69, 9.17) is 4.74 Å². The third-order valence-electron chi connectivity index (χ3n) is 2.72. The van der Waals surface area contributed by atoms with Gasteiger partial charge in [-0.05, 0) is 19.1 Å². The highest BCUT2D eigenvalue weighted by molar-refractivity contribution is 5.65. The Kier molecular flexibility index (Phi) is 4.75. The van der Waals surface area contributed by atoms with Crippen molar-refractivity contribution >= 4 is 17.1 Å². The highest BCUT2D eigenvalue weighted by Gasteiger charge is 2.02. The molecular formula is C15H19N3O. The van der Waals surface area contributed by atoms with Crippen LogP contribution in [-0.4, -0.2) is 18.6 Å². The summed E-state index contributed by atoms with van der Waals surface area (Å²) >= 11 is 0. The first-order valence-electron chi connectivity index (χ1n) is 6.36. The summed E-state index contributed by atoms with van der Waals surface area (Å²) in [5, 5.41) is 6.62. The molecule has 2 N–H and O–H groups in total. The predicted molar refractivity (Wildman–Crippen MR) is 78.8 cm³/mol. The first-order valence-corrected chi connectivity index (χ1v) is 6.36. The van der Waals surface area contributed by atoms with Crippen molar-refractivity contribution in [3.05, 3.63) is 48.3 Å². The Hall–Kier alpha value is -2.07. The molecule has 0 bridgehead atoms. The van der Waals surface area contributed by atoms with Gasteiger partial charge in [-0.15, -0.1) is 0 Å². The van der Waals surface area contributed by atoms with Crippen LogP contribution in [-0.2, 0) is 11.3 Å². The van der Waals surface area contributed by atoms with Crippen LogP contribution in [0.1, 0.15) is 12.5 Å². The lowest BCUT2D eigenvalue weighted by atomic mass is 10.2. The third kappa shape index (κ3) is 3.69. The molecule has 0 fully saturated rings. The molecule has 2 aromatic rings. The number of pyridine rings is 1. The number of hydrogen-bond acceptors (Lipinski definition) is 4. The summed E-state index contributed by atoms with van der Waals surface area (Å²) in [7, 11) is 1.70. The van der Waals surface area contributed by atoms with E-state index in [2.05, 4.69) is 22.5 Å². The number of para-hydroxylation sites is 1. The van der Waals surface area contributed by atoms with Crippen LogP contribution < -0.4 is 10.6 Å². The smallest absolute Gasteiger partial charge is 0.0733 e.